The highest BCUT2D eigenvalue weighted by Gasteiger charge is 2.26. The average Bonchev–Trinajstić information content (AvgIpc) is 3.23. The minimum atomic E-state index is -0.137. The number of anilines is 1. The molecule has 0 aliphatic carbocycles. The van der Waals surface area contributed by atoms with Crippen LogP contribution in [-0.2, 0) is 11.8 Å². The molecule has 0 amide bonds. The molecule has 2 aromatic carbocycles. The highest BCUT2D eigenvalue weighted by atomic mass is 16.5. The Labute approximate surface area is 184 Å². The van der Waals surface area contributed by atoms with Crippen LogP contribution in [0.3, 0.4) is 0 Å². The summed E-state index contributed by atoms with van der Waals surface area (Å²) in [7, 11) is 2.02. The molecule has 0 radical (unpaired) electrons. The summed E-state index contributed by atoms with van der Waals surface area (Å²) in [6, 6.07) is 18.0. The highest BCUT2D eigenvalue weighted by Crippen LogP contribution is 2.29. The lowest BCUT2D eigenvalue weighted by Crippen LogP contribution is -2.38. The maximum atomic E-state index is 6.60. The van der Waals surface area contributed by atoms with Crippen LogP contribution >= 0.6 is 0 Å². The van der Waals surface area contributed by atoms with E-state index in [0.29, 0.717) is 12.3 Å². The van der Waals surface area contributed by atoms with Crippen molar-refractivity contribution in [3.8, 4) is 5.75 Å². The molecule has 164 valence electrons. The number of rotatable bonds is 9. The standard InChI is InChI=1S/C25H32N4O2/c1-28-18-14-27-25(28)24(20-8-3-2-4-9-20)31-21-12-16-29(17-13-21)15-7-19-30-23-11-6-5-10-22(23)26/h2-6,8-11,14,18,21,24H,7,12-13,15-17,19,26H2,1H3. The molecule has 2 N–H and O–H groups in total. The van der Waals surface area contributed by atoms with E-state index in [9.17, 15) is 0 Å². The molecule has 1 aromatic heterocycles. The van der Waals surface area contributed by atoms with Gasteiger partial charge in [-0.3, -0.25) is 0 Å². The van der Waals surface area contributed by atoms with Crippen molar-refractivity contribution in [3.63, 3.8) is 0 Å². The Morgan fingerprint density at radius 3 is 2.52 bits per heavy atom. The number of piperidine rings is 1. The van der Waals surface area contributed by atoms with Gasteiger partial charge in [0.15, 0.2) is 0 Å². The Morgan fingerprint density at radius 2 is 1.81 bits per heavy atom. The summed E-state index contributed by atoms with van der Waals surface area (Å²) in [6.07, 6.45) is 6.95. The smallest absolute Gasteiger partial charge is 0.142 e. The first-order chi connectivity index (χ1) is 15.2. The predicted molar refractivity (Wildman–Crippen MR) is 123 cm³/mol. The van der Waals surface area contributed by atoms with E-state index in [2.05, 4.69) is 34.1 Å². The van der Waals surface area contributed by atoms with E-state index in [0.717, 1.165) is 56.0 Å². The van der Waals surface area contributed by atoms with Gasteiger partial charge in [0.25, 0.3) is 0 Å². The molecular formula is C25H32N4O2. The summed E-state index contributed by atoms with van der Waals surface area (Å²) in [5.74, 6) is 1.72. The first kappa shape index (κ1) is 21.4. The summed E-state index contributed by atoms with van der Waals surface area (Å²) in [5, 5.41) is 0. The zero-order chi connectivity index (χ0) is 21.5. The van der Waals surface area contributed by atoms with Crippen LogP contribution in [-0.4, -0.2) is 46.8 Å². The molecule has 31 heavy (non-hydrogen) atoms. The van der Waals surface area contributed by atoms with Crippen molar-refractivity contribution < 1.29 is 9.47 Å². The summed E-state index contributed by atoms with van der Waals surface area (Å²) >= 11 is 0. The third kappa shape index (κ3) is 5.66. The van der Waals surface area contributed by atoms with Crippen molar-refractivity contribution in [2.24, 2.45) is 7.05 Å². The van der Waals surface area contributed by atoms with Gasteiger partial charge < -0.3 is 24.7 Å². The predicted octanol–water partition coefficient (Wildman–Crippen LogP) is 4.04. The van der Waals surface area contributed by atoms with Gasteiger partial charge >= 0.3 is 0 Å². The van der Waals surface area contributed by atoms with Gasteiger partial charge in [0.2, 0.25) is 0 Å². The maximum absolute atomic E-state index is 6.60. The topological polar surface area (TPSA) is 65.5 Å². The second kappa shape index (κ2) is 10.5. The molecule has 1 aliphatic heterocycles. The van der Waals surface area contributed by atoms with E-state index in [-0.39, 0.29) is 12.2 Å². The van der Waals surface area contributed by atoms with Crippen LogP contribution in [0, 0.1) is 0 Å². The van der Waals surface area contributed by atoms with Crippen LogP contribution < -0.4 is 10.5 Å². The number of ether oxygens (including phenoxy) is 2. The Hall–Kier alpha value is -2.83. The van der Waals surface area contributed by atoms with Crippen molar-refractivity contribution in [1.82, 2.24) is 14.5 Å². The molecule has 2 heterocycles. The molecule has 0 saturated carbocycles. The fraction of sp³-hybridized carbons (Fsp3) is 0.400. The van der Waals surface area contributed by atoms with Gasteiger partial charge in [-0.15, -0.1) is 0 Å². The van der Waals surface area contributed by atoms with Gasteiger partial charge in [0.1, 0.15) is 17.7 Å². The van der Waals surface area contributed by atoms with Crippen LogP contribution in [0.25, 0.3) is 0 Å². The molecule has 1 atom stereocenters. The Morgan fingerprint density at radius 1 is 1.06 bits per heavy atom. The van der Waals surface area contributed by atoms with Crippen LogP contribution in [0.15, 0.2) is 67.0 Å². The van der Waals surface area contributed by atoms with Gasteiger partial charge in [-0.05, 0) is 37.0 Å². The van der Waals surface area contributed by atoms with Crippen molar-refractivity contribution in [1.29, 1.82) is 0 Å². The molecule has 3 aromatic rings. The van der Waals surface area contributed by atoms with Crippen LogP contribution in [0.2, 0.25) is 0 Å². The van der Waals surface area contributed by atoms with E-state index in [1.54, 1.807) is 0 Å². The summed E-state index contributed by atoms with van der Waals surface area (Å²) in [4.78, 5) is 7.05. The molecule has 0 bridgehead atoms. The van der Waals surface area contributed by atoms with Crippen LogP contribution in [0.5, 0.6) is 5.75 Å². The molecule has 6 heteroatoms. The first-order valence-corrected chi connectivity index (χ1v) is 11.1. The van der Waals surface area contributed by atoms with E-state index >= 15 is 0 Å². The number of nitrogens with zero attached hydrogens (tertiary/aromatic N) is 3. The average molecular weight is 421 g/mol. The number of para-hydroxylation sites is 2. The molecule has 6 nitrogen and oxygen atoms in total. The second-order valence-corrected chi connectivity index (χ2v) is 8.10. The van der Waals surface area contributed by atoms with E-state index in [4.69, 9.17) is 15.2 Å². The fourth-order valence-corrected chi connectivity index (χ4v) is 4.09. The zero-order valence-electron chi connectivity index (χ0n) is 18.2. The quantitative estimate of drug-likeness (QED) is 0.418. The molecule has 1 unspecified atom stereocenters. The van der Waals surface area contributed by atoms with Gasteiger partial charge in [-0.1, -0.05) is 42.5 Å². The van der Waals surface area contributed by atoms with Crippen molar-refractivity contribution in [2.45, 2.75) is 31.5 Å². The lowest BCUT2D eigenvalue weighted by Gasteiger charge is -2.34. The number of hydrogen-bond acceptors (Lipinski definition) is 5. The van der Waals surface area contributed by atoms with E-state index in [1.165, 1.54) is 0 Å². The number of aryl methyl sites for hydroxylation is 1. The first-order valence-electron chi connectivity index (χ1n) is 11.1. The molecule has 0 spiro atoms. The van der Waals surface area contributed by atoms with Crippen molar-refractivity contribution >= 4 is 5.69 Å². The number of likely N-dealkylation sites (tertiary alicyclic amines) is 1. The lowest BCUT2D eigenvalue weighted by atomic mass is 10.0. The molecule has 1 fully saturated rings. The number of imidazole rings is 1. The third-order valence-corrected chi connectivity index (χ3v) is 5.85. The Kier molecular flexibility index (Phi) is 7.22. The molecular weight excluding hydrogens is 388 g/mol. The van der Waals surface area contributed by atoms with Crippen LogP contribution in [0.1, 0.15) is 36.8 Å². The van der Waals surface area contributed by atoms with E-state index < -0.39 is 0 Å². The van der Waals surface area contributed by atoms with Gasteiger partial charge in [0, 0.05) is 39.1 Å². The summed E-state index contributed by atoms with van der Waals surface area (Å²) in [5.41, 5.74) is 7.78. The minimum Gasteiger partial charge on any atom is -0.491 e. The van der Waals surface area contributed by atoms with Crippen molar-refractivity contribution in [2.75, 3.05) is 32.0 Å². The van der Waals surface area contributed by atoms with E-state index in [1.807, 2.05) is 54.3 Å². The summed E-state index contributed by atoms with van der Waals surface area (Å²) < 4.78 is 14.5. The fourth-order valence-electron chi connectivity index (χ4n) is 4.09. The lowest BCUT2D eigenvalue weighted by molar-refractivity contribution is -0.0314. The third-order valence-electron chi connectivity index (χ3n) is 5.85. The largest absolute Gasteiger partial charge is 0.491 e. The Balaban J connectivity index is 1.25. The molecule has 1 saturated heterocycles. The Bertz CT molecular complexity index is 935. The number of hydrogen-bond donors (Lipinski definition) is 1. The number of nitrogen functional groups attached to an aromatic ring is 1. The minimum absolute atomic E-state index is 0.137. The van der Waals surface area contributed by atoms with Gasteiger partial charge in [-0.2, -0.15) is 0 Å². The number of aromatic nitrogens is 2. The molecule has 1 aliphatic rings. The maximum Gasteiger partial charge on any atom is 0.142 e. The number of benzene rings is 2. The zero-order valence-corrected chi connectivity index (χ0v) is 18.2. The van der Waals surface area contributed by atoms with Crippen molar-refractivity contribution in [3.05, 3.63) is 78.4 Å². The second-order valence-electron chi connectivity index (χ2n) is 8.10. The monoisotopic (exact) mass is 420 g/mol. The number of nitrogens with two attached hydrogens (primary N) is 1. The highest BCUT2D eigenvalue weighted by molar-refractivity contribution is 5.51. The van der Waals surface area contributed by atoms with Gasteiger partial charge in [0.05, 0.1) is 18.4 Å². The SMILES string of the molecule is Cn1ccnc1C(OC1CCN(CCCOc2ccccc2N)CC1)c1ccccc1. The summed E-state index contributed by atoms with van der Waals surface area (Å²) in [6.45, 7) is 3.79. The van der Waals surface area contributed by atoms with Gasteiger partial charge in [-0.25, -0.2) is 4.98 Å². The van der Waals surface area contributed by atoms with Crippen LogP contribution in [0.4, 0.5) is 5.69 Å². The normalized spacial score (nSPS) is 16.3. The molecule has 4 rings (SSSR count).